The molecule has 2 heterocycles. The number of aryl methyl sites for hydroxylation is 1. The summed E-state index contributed by atoms with van der Waals surface area (Å²) in [6.07, 6.45) is -2.30. The van der Waals surface area contributed by atoms with Crippen LogP contribution < -0.4 is 0 Å². The lowest BCUT2D eigenvalue weighted by Crippen LogP contribution is -2.05. The minimum atomic E-state index is -4.49. The molecule has 0 bridgehead atoms. The van der Waals surface area contributed by atoms with Crippen molar-refractivity contribution in [2.45, 2.75) is 19.6 Å². The SMILES string of the molecule is Cc1nn(Cc2ccccc2)c(Cl)c1/C=C(\C#N)c1ccc(C(F)(F)F)cn1. The highest BCUT2D eigenvalue weighted by Crippen LogP contribution is 2.30. The molecule has 0 amide bonds. The molecule has 0 aliphatic heterocycles. The first kappa shape index (κ1) is 19.6. The minimum absolute atomic E-state index is 0.0954. The van der Waals surface area contributed by atoms with Gasteiger partial charge >= 0.3 is 6.18 Å². The maximum atomic E-state index is 12.7. The third-order valence-electron chi connectivity index (χ3n) is 4.06. The van der Waals surface area contributed by atoms with E-state index >= 15 is 0 Å². The summed E-state index contributed by atoms with van der Waals surface area (Å²) in [7, 11) is 0. The van der Waals surface area contributed by atoms with Gasteiger partial charge in [-0.25, -0.2) is 4.68 Å². The summed E-state index contributed by atoms with van der Waals surface area (Å²) in [6, 6.07) is 13.6. The van der Waals surface area contributed by atoms with Crippen LogP contribution in [0.25, 0.3) is 11.6 Å². The smallest absolute Gasteiger partial charge is 0.255 e. The molecule has 0 saturated carbocycles. The van der Waals surface area contributed by atoms with E-state index in [-0.39, 0.29) is 11.3 Å². The number of nitrogens with zero attached hydrogens (tertiary/aromatic N) is 4. The number of rotatable bonds is 4. The number of pyridine rings is 1. The van der Waals surface area contributed by atoms with E-state index < -0.39 is 11.7 Å². The number of hydrogen-bond acceptors (Lipinski definition) is 3. The van der Waals surface area contributed by atoms with Crippen LogP contribution in [0.5, 0.6) is 0 Å². The zero-order chi connectivity index (χ0) is 20.3. The fourth-order valence-electron chi connectivity index (χ4n) is 2.62. The van der Waals surface area contributed by atoms with Crippen LogP contribution in [0.3, 0.4) is 0 Å². The molecule has 0 atom stereocenters. The third kappa shape index (κ3) is 4.24. The van der Waals surface area contributed by atoms with E-state index in [9.17, 15) is 18.4 Å². The van der Waals surface area contributed by atoms with E-state index in [0.717, 1.165) is 17.7 Å². The van der Waals surface area contributed by atoms with Gasteiger partial charge in [0.25, 0.3) is 0 Å². The third-order valence-corrected chi connectivity index (χ3v) is 4.46. The second kappa shape index (κ2) is 7.87. The summed E-state index contributed by atoms with van der Waals surface area (Å²) in [5, 5.41) is 14.2. The van der Waals surface area contributed by atoms with Gasteiger partial charge in [-0.2, -0.15) is 23.5 Å². The molecule has 0 spiro atoms. The first-order chi connectivity index (χ1) is 13.3. The number of hydrogen-bond donors (Lipinski definition) is 0. The van der Waals surface area contributed by atoms with E-state index in [4.69, 9.17) is 11.6 Å². The fraction of sp³-hybridized carbons (Fsp3) is 0.150. The molecular weight excluding hydrogens is 389 g/mol. The molecule has 2 aromatic heterocycles. The zero-order valence-corrected chi connectivity index (χ0v) is 15.5. The molecule has 3 aromatic rings. The van der Waals surface area contributed by atoms with Gasteiger partial charge in [-0.05, 0) is 30.7 Å². The maximum Gasteiger partial charge on any atom is 0.417 e. The average Bonchev–Trinajstić information content (AvgIpc) is 2.93. The summed E-state index contributed by atoms with van der Waals surface area (Å²) < 4.78 is 39.7. The van der Waals surface area contributed by atoms with Crippen LogP contribution in [-0.4, -0.2) is 14.8 Å². The lowest BCUT2D eigenvalue weighted by Gasteiger charge is -2.06. The normalized spacial score (nSPS) is 12.1. The molecule has 1 aromatic carbocycles. The summed E-state index contributed by atoms with van der Waals surface area (Å²) in [6.45, 7) is 2.20. The molecule has 0 radical (unpaired) electrons. The first-order valence-corrected chi connectivity index (χ1v) is 8.59. The van der Waals surface area contributed by atoms with Crippen molar-refractivity contribution in [3.05, 3.63) is 81.9 Å². The Labute approximate surface area is 164 Å². The van der Waals surface area contributed by atoms with Crippen molar-refractivity contribution < 1.29 is 13.2 Å². The van der Waals surface area contributed by atoms with Gasteiger partial charge in [-0.15, -0.1) is 0 Å². The quantitative estimate of drug-likeness (QED) is 0.551. The molecule has 4 nitrogen and oxygen atoms in total. The predicted molar refractivity (Wildman–Crippen MR) is 100 cm³/mol. The Morgan fingerprint density at radius 1 is 1.21 bits per heavy atom. The molecule has 0 unspecified atom stereocenters. The van der Waals surface area contributed by atoms with Crippen molar-refractivity contribution in [1.29, 1.82) is 5.26 Å². The van der Waals surface area contributed by atoms with Crippen LogP contribution in [0, 0.1) is 18.3 Å². The van der Waals surface area contributed by atoms with Crippen molar-refractivity contribution >= 4 is 23.3 Å². The van der Waals surface area contributed by atoms with Crippen molar-refractivity contribution in [2.75, 3.05) is 0 Å². The summed E-state index contributed by atoms with van der Waals surface area (Å²) >= 11 is 6.43. The number of allylic oxidation sites excluding steroid dienone is 1. The van der Waals surface area contributed by atoms with E-state index in [0.29, 0.717) is 29.2 Å². The van der Waals surface area contributed by atoms with E-state index in [1.54, 1.807) is 11.6 Å². The molecule has 0 saturated heterocycles. The number of aromatic nitrogens is 3. The van der Waals surface area contributed by atoms with Gasteiger partial charge in [0.2, 0.25) is 0 Å². The molecule has 0 aliphatic rings. The monoisotopic (exact) mass is 402 g/mol. The summed E-state index contributed by atoms with van der Waals surface area (Å²) in [5.41, 5.74) is 1.47. The van der Waals surface area contributed by atoms with Crippen molar-refractivity contribution in [2.24, 2.45) is 0 Å². The van der Waals surface area contributed by atoms with Gasteiger partial charge in [-0.3, -0.25) is 4.98 Å². The minimum Gasteiger partial charge on any atom is -0.255 e. The van der Waals surface area contributed by atoms with Gasteiger partial charge in [-0.1, -0.05) is 41.9 Å². The number of alkyl halides is 3. The van der Waals surface area contributed by atoms with Crippen LogP contribution in [0.1, 0.15) is 28.1 Å². The Hall–Kier alpha value is -3.11. The summed E-state index contributed by atoms with van der Waals surface area (Å²) in [4.78, 5) is 3.77. The van der Waals surface area contributed by atoms with Crippen molar-refractivity contribution in [1.82, 2.24) is 14.8 Å². The lowest BCUT2D eigenvalue weighted by atomic mass is 10.1. The van der Waals surface area contributed by atoms with Gasteiger partial charge in [0, 0.05) is 11.8 Å². The second-order valence-electron chi connectivity index (χ2n) is 6.03. The topological polar surface area (TPSA) is 54.5 Å². The highest BCUT2D eigenvalue weighted by atomic mass is 35.5. The van der Waals surface area contributed by atoms with Crippen molar-refractivity contribution in [3.8, 4) is 6.07 Å². The Kier molecular flexibility index (Phi) is 5.52. The Balaban J connectivity index is 1.94. The standard InChI is InChI=1S/C20H14ClF3N4/c1-13-17(19(21)28(27-13)12-14-5-3-2-4-6-14)9-15(10-25)18-8-7-16(11-26-18)20(22,23)24/h2-9,11H,12H2,1H3/b15-9+. The van der Waals surface area contributed by atoms with E-state index in [1.165, 1.54) is 6.08 Å². The predicted octanol–water partition coefficient (Wildman–Crippen LogP) is 5.37. The Morgan fingerprint density at radius 3 is 2.50 bits per heavy atom. The maximum absolute atomic E-state index is 12.7. The van der Waals surface area contributed by atoms with Crippen LogP contribution in [0.2, 0.25) is 5.15 Å². The van der Waals surface area contributed by atoms with Crippen molar-refractivity contribution in [3.63, 3.8) is 0 Å². The molecule has 0 fully saturated rings. The molecule has 8 heteroatoms. The van der Waals surface area contributed by atoms with Crippen LogP contribution in [0.15, 0.2) is 48.7 Å². The fourth-order valence-corrected chi connectivity index (χ4v) is 2.91. The number of halogens is 4. The molecule has 142 valence electrons. The van der Waals surface area contributed by atoms with Crippen LogP contribution in [0.4, 0.5) is 13.2 Å². The number of benzene rings is 1. The second-order valence-corrected chi connectivity index (χ2v) is 6.39. The lowest BCUT2D eigenvalue weighted by molar-refractivity contribution is -0.137. The van der Waals surface area contributed by atoms with E-state index in [1.807, 2.05) is 36.4 Å². The average molecular weight is 403 g/mol. The van der Waals surface area contributed by atoms with Gasteiger partial charge in [0.15, 0.2) is 0 Å². The highest BCUT2D eigenvalue weighted by molar-refractivity contribution is 6.31. The summed E-state index contributed by atoms with van der Waals surface area (Å²) in [5.74, 6) is 0. The molecule has 0 aliphatic carbocycles. The van der Waals surface area contributed by atoms with Gasteiger partial charge < -0.3 is 0 Å². The van der Waals surface area contributed by atoms with E-state index in [2.05, 4.69) is 10.1 Å². The Bertz CT molecular complexity index is 1050. The zero-order valence-electron chi connectivity index (χ0n) is 14.7. The molecule has 28 heavy (non-hydrogen) atoms. The van der Waals surface area contributed by atoms with Gasteiger partial charge in [0.1, 0.15) is 11.2 Å². The first-order valence-electron chi connectivity index (χ1n) is 8.22. The Morgan fingerprint density at radius 2 is 1.93 bits per heavy atom. The van der Waals surface area contributed by atoms with Crippen LogP contribution >= 0.6 is 11.6 Å². The molecule has 3 rings (SSSR count). The largest absolute Gasteiger partial charge is 0.417 e. The van der Waals surface area contributed by atoms with Crippen LogP contribution in [-0.2, 0) is 12.7 Å². The van der Waals surface area contributed by atoms with Gasteiger partial charge in [0.05, 0.1) is 29.1 Å². The molecule has 0 N–H and O–H groups in total. The number of nitriles is 1. The highest BCUT2D eigenvalue weighted by Gasteiger charge is 2.30. The molecular formula is C20H14ClF3N4.